The van der Waals surface area contributed by atoms with Crippen LogP contribution in [-0.2, 0) is 17.5 Å². The molecule has 2 heterocycles. The minimum absolute atomic E-state index is 0.00163. The van der Waals surface area contributed by atoms with Crippen LogP contribution in [0.15, 0.2) is 36.5 Å². The molecular weight excluding hydrogens is 368 g/mol. The lowest BCUT2D eigenvalue weighted by Gasteiger charge is -2.22. The van der Waals surface area contributed by atoms with Crippen LogP contribution < -0.4 is 4.74 Å². The summed E-state index contributed by atoms with van der Waals surface area (Å²) >= 11 is 0. The van der Waals surface area contributed by atoms with Gasteiger partial charge in [0.15, 0.2) is 11.6 Å². The first-order valence-corrected chi connectivity index (χ1v) is 8.12. The van der Waals surface area contributed by atoms with E-state index in [0.717, 1.165) is 12.1 Å². The van der Waals surface area contributed by atoms with Crippen molar-refractivity contribution in [3.05, 3.63) is 53.5 Å². The van der Waals surface area contributed by atoms with Gasteiger partial charge in [0.05, 0.1) is 24.1 Å². The van der Waals surface area contributed by atoms with Crippen molar-refractivity contribution in [3.63, 3.8) is 0 Å². The highest BCUT2D eigenvalue weighted by Crippen LogP contribution is 2.33. The number of carbonyl (C=O) groups is 1. The predicted molar refractivity (Wildman–Crippen MR) is 86.3 cm³/mol. The van der Waals surface area contributed by atoms with Crippen molar-refractivity contribution in [1.29, 1.82) is 0 Å². The summed E-state index contributed by atoms with van der Waals surface area (Å²) in [6.45, 7) is 1.99. The summed E-state index contributed by atoms with van der Waals surface area (Å²) in [5, 5.41) is 9.72. The van der Waals surface area contributed by atoms with Crippen molar-refractivity contribution in [2.75, 3.05) is 0 Å². The Bertz CT molecular complexity index is 839. The molecule has 27 heavy (non-hydrogen) atoms. The van der Waals surface area contributed by atoms with Crippen LogP contribution in [-0.4, -0.2) is 33.0 Å². The summed E-state index contributed by atoms with van der Waals surface area (Å²) in [6, 6.07) is 4.69. The molecule has 1 fully saturated rings. The number of benzene rings is 1. The number of aliphatic hydroxyl groups is 1. The Hall–Kier alpha value is -2.68. The van der Waals surface area contributed by atoms with Gasteiger partial charge < -0.3 is 14.7 Å². The van der Waals surface area contributed by atoms with Crippen molar-refractivity contribution in [2.45, 2.75) is 38.2 Å². The molecule has 2 atom stereocenters. The highest BCUT2D eigenvalue weighted by atomic mass is 19.4. The monoisotopic (exact) mass is 384 g/mol. The van der Waals surface area contributed by atoms with Crippen molar-refractivity contribution in [2.24, 2.45) is 0 Å². The lowest BCUT2D eigenvalue weighted by Crippen LogP contribution is -2.33. The molecule has 1 N–H and O–H groups in total. The topological polar surface area (TPSA) is 62.7 Å². The normalized spacial score (nSPS) is 20.2. The molecule has 1 saturated heterocycles. The van der Waals surface area contributed by atoms with Gasteiger partial charge in [0.2, 0.25) is 11.8 Å². The van der Waals surface area contributed by atoms with Crippen molar-refractivity contribution >= 4 is 5.91 Å². The third kappa shape index (κ3) is 4.19. The van der Waals surface area contributed by atoms with E-state index in [1.54, 1.807) is 13.0 Å². The molecule has 0 saturated carbocycles. The van der Waals surface area contributed by atoms with Gasteiger partial charge in [-0.2, -0.15) is 13.2 Å². The zero-order chi connectivity index (χ0) is 19.8. The maximum absolute atomic E-state index is 13.8. The van der Waals surface area contributed by atoms with E-state index in [0.29, 0.717) is 11.6 Å². The van der Waals surface area contributed by atoms with Gasteiger partial charge in [-0.05, 0) is 30.7 Å². The van der Waals surface area contributed by atoms with Gasteiger partial charge >= 0.3 is 6.18 Å². The first-order valence-electron chi connectivity index (χ1n) is 8.12. The molecule has 0 bridgehead atoms. The standard InChI is InChI=1S/C18H16F4N2O3/c1-10-14(25)7-17(26)24(10)9-11-2-5-16(23-8-11)27-15-4-3-12(6-13(15)19)18(20,21)22/h2-6,8,10,14,25H,7,9H2,1H3/t10-,14-/m0/s1. The van der Waals surface area contributed by atoms with Crippen LogP contribution in [0.4, 0.5) is 17.6 Å². The van der Waals surface area contributed by atoms with Crippen LogP contribution in [0.1, 0.15) is 24.5 Å². The zero-order valence-corrected chi connectivity index (χ0v) is 14.2. The Morgan fingerprint density at radius 2 is 2.04 bits per heavy atom. The Morgan fingerprint density at radius 1 is 1.30 bits per heavy atom. The number of alkyl halides is 3. The fourth-order valence-electron chi connectivity index (χ4n) is 2.77. The number of pyridine rings is 1. The van der Waals surface area contributed by atoms with E-state index in [-0.39, 0.29) is 36.5 Å². The zero-order valence-electron chi connectivity index (χ0n) is 14.2. The molecule has 0 spiro atoms. The molecule has 1 aliphatic rings. The van der Waals surface area contributed by atoms with Gasteiger partial charge in [-0.1, -0.05) is 6.07 Å². The maximum atomic E-state index is 13.8. The maximum Gasteiger partial charge on any atom is 0.416 e. The van der Waals surface area contributed by atoms with E-state index in [2.05, 4.69) is 4.98 Å². The summed E-state index contributed by atoms with van der Waals surface area (Å²) < 4.78 is 56.7. The molecule has 1 aliphatic heterocycles. The van der Waals surface area contributed by atoms with E-state index < -0.39 is 23.7 Å². The fraction of sp³-hybridized carbons (Fsp3) is 0.333. The summed E-state index contributed by atoms with van der Waals surface area (Å²) in [5.41, 5.74) is -0.438. The second kappa shape index (κ2) is 7.15. The molecular formula is C18H16F4N2O3. The van der Waals surface area contributed by atoms with E-state index in [4.69, 9.17) is 4.74 Å². The summed E-state index contributed by atoms with van der Waals surface area (Å²) in [4.78, 5) is 17.4. The van der Waals surface area contributed by atoms with E-state index in [1.165, 1.54) is 17.2 Å². The van der Waals surface area contributed by atoms with E-state index in [9.17, 15) is 27.5 Å². The van der Waals surface area contributed by atoms with Crippen LogP contribution in [0.3, 0.4) is 0 Å². The van der Waals surface area contributed by atoms with E-state index in [1.807, 2.05) is 0 Å². The molecule has 1 amide bonds. The van der Waals surface area contributed by atoms with Crippen LogP contribution in [0.25, 0.3) is 0 Å². The summed E-state index contributed by atoms with van der Waals surface area (Å²) in [7, 11) is 0. The molecule has 3 rings (SSSR count). The minimum Gasteiger partial charge on any atom is -0.436 e. The molecule has 1 aromatic heterocycles. The molecule has 144 valence electrons. The highest BCUT2D eigenvalue weighted by molar-refractivity contribution is 5.79. The number of rotatable bonds is 4. The van der Waals surface area contributed by atoms with Crippen LogP contribution in [0.5, 0.6) is 11.6 Å². The SMILES string of the molecule is C[C@H]1[C@@H](O)CC(=O)N1Cc1ccc(Oc2ccc(C(F)(F)F)cc2F)nc1. The van der Waals surface area contributed by atoms with Gasteiger partial charge in [0.25, 0.3) is 0 Å². The quantitative estimate of drug-likeness (QED) is 0.820. The number of hydrogen-bond acceptors (Lipinski definition) is 4. The molecule has 2 aromatic rings. The first kappa shape index (κ1) is 19.1. The highest BCUT2D eigenvalue weighted by Gasteiger charge is 2.35. The smallest absolute Gasteiger partial charge is 0.416 e. The molecule has 5 nitrogen and oxygen atoms in total. The third-order valence-electron chi connectivity index (χ3n) is 4.38. The second-order valence-corrected chi connectivity index (χ2v) is 6.28. The lowest BCUT2D eigenvalue weighted by molar-refractivity contribution is -0.137. The van der Waals surface area contributed by atoms with Gasteiger partial charge in [0.1, 0.15) is 0 Å². The molecule has 0 aliphatic carbocycles. The summed E-state index contributed by atoms with van der Waals surface area (Å²) in [6.07, 6.45) is -3.86. The molecule has 0 unspecified atom stereocenters. The molecule has 0 radical (unpaired) electrons. The largest absolute Gasteiger partial charge is 0.436 e. The Balaban J connectivity index is 1.69. The van der Waals surface area contributed by atoms with Gasteiger partial charge in [-0.25, -0.2) is 9.37 Å². The van der Waals surface area contributed by atoms with Gasteiger partial charge in [-0.15, -0.1) is 0 Å². The Morgan fingerprint density at radius 3 is 2.56 bits per heavy atom. The molecule has 9 heteroatoms. The second-order valence-electron chi connectivity index (χ2n) is 6.28. The van der Waals surface area contributed by atoms with Gasteiger partial charge in [-0.3, -0.25) is 4.79 Å². The third-order valence-corrected chi connectivity index (χ3v) is 4.38. The van der Waals surface area contributed by atoms with Crippen LogP contribution >= 0.6 is 0 Å². The Labute approximate surface area is 152 Å². The first-order chi connectivity index (χ1) is 12.6. The number of halogens is 4. The average molecular weight is 384 g/mol. The Kier molecular flexibility index (Phi) is 5.05. The van der Waals surface area contributed by atoms with Gasteiger partial charge in [0, 0.05) is 18.8 Å². The van der Waals surface area contributed by atoms with Crippen molar-refractivity contribution in [1.82, 2.24) is 9.88 Å². The summed E-state index contributed by atoms with van der Waals surface area (Å²) in [5.74, 6) is -1.70. The van der Waals surface area contributed by atoms with E-state index >= 15 is 0 Å². The van der Waals surface area contributed by atoms with Crippen LogP contribution in [0, 0.1) is 5.82 Å². The number of likely N-dealkylation sites (tertiary alicyclic amines) is 1. The number of ether oxygens (including phenoxy) is 1. The van der Waals surface area contributed by atoms with Crippen molar-refractivity contribution < 1.29 is 32.2 Å². The number of aliphatic hydroxyl groups excluding tert-OH is 1. The number of aromatic nitrogens is 1. The lowest BCUT2D eigenvalue weighted by atomic mass is 10.2. The predicted octanol–water partition coefficient (Wildman–Crippen LogP) is 3.51. The fourth-order valence-corrected chi connectivity index (χ4v) is 2.77. The number of amides is 1. The average Bonchev–Trinajstić information content (AvgIpc) is 2.83. The minimum atomic E-state index is -4.64. The van der Waals surface area contributed by atoms with Crippen molar-refractivity contribution in [3.8, 4) is 11.6 Å². The number of nitrogens with zero attached hydrogens (tertiary/aromatic N) is 2. The number of carbonyl (C=O) groups excluding carboxylic acids is 1. The molecule has 1 aromatic carbocycles. The number of hydrogen-bond donors (Lipinski definition) is 1. The van der Waals surface area contributed by atoms with Crippen LogP contribution in [0.2, 0.25) is 0 Å².